The smallest absolute Gasteiger partial charge is 0.480 e. The molecule has 0 aliphatic heterocycles. The van der Waals surface area contributed by atoms with E-state index in [-0.39, 0.29) is 22.7 Å². The Morgan fingerprint density at radius 3 is 2.34 bits per heavy atom. The lowest BCUT2D eigenvalue weighted by atomic mass is 10.1. The van der Waals surface area contributed by atoms with Crippen LogP contribution < -0.4 is 15.8 Å². The van der Waals surface area contributed by atoms with Gasteiger partial charge < -0.3 is 25.6 Å². The number of aliphatic carboxylic acids is 1. The molecule has 0 radical (unpaired) electrons. The van der Waals surface area contributed by atoms with E-state index in [9.17, 15) is 41.5 Å². The van der Waals surface area contributed by atoms with Crippen LogP contribution in [0.3, 0.4) is 0 Å². The molecule has 2 atom stereocenters. The Morgan fingerprint density at radius 1 is 1.13 bits per heavy atom. The number of hydrogen-bond donors (Lipinski definition) is 4. The van der Waals surface area contributed by atoms with Crippen molar-refractivity contribution in [3.8, 4) is 5.75 Å². The molecule has 0 spiro atoms. The summed E-state index contributed by atoms with van der Waals surface area (Å²) in [5.74, 6) is -10.5. The zero-order chi connectivity index (χ0) is 28.8. The van der Waals surface area contributed by atoms with Gasteiger partial charge in [-0.3, -0.25) is 15.0 Å². The number of nitrogens with one attached hydrogen (secondary N) is 2. The zero-order valence-corrected chi connectivity index (χ0v) is 20.1. The van der Waals surface area contributed by atoms with Gasteiger partial charge in [0.05, 0.1) is 6.42 Å². The molecule has 1 aromatic carbocycles. The van der Waals surface area contributed by atoms with Gasteiger partial charge in [-0.1, -0.05) is 6.92 Å². The van der Waals surface area contributed by atoms with Gasteiger partial charge in [0.2, 0.25) is 5.91 Å². The van der Waals surface area contributed by atoms with Crippen LogP contribution in [0.1, 0.15) is 45.8 Å². The van der Waals surface area contributed by atoms with E-state index in [0.29, 0.717) is 4.88 Å². The second-order valence-electron chi connectivity index (χ2n) is 7.68. The van der Waals surface area contributed by atoms with Crippen LogP contribution in [0.2, 0.25) is 0 Å². The van der Waals surface area contributed by atoms with E-state index in [1.54, 1.807) is 6.92 Å². The van der Waals surface area contributed by atoms with Crippen molar-refractivity contribution in [2.75, 3.05) is 0 Å². The molecule has 11 nitrogen and oxygen atoms in total. The third-order valence-corrected chi connectivity index (χ3v) is 5.99. The first-order valence-electron chi connectivity index (χ1n) is 10.4. The largest absolute Gasteiger partial charge is 0.491 e. The quantitative estimate of drug-likeness (QED) is 0.0844. The first-order chi connectivity index (χ1) is 17.6. The number of ether oxygens (including phenoxy) is 2. The van der Waals surface area contributed by atoms with Crippen LogP contribution in [-0.4, -0.2) is 52.9 Å². The molecule has 1 aromatic heterocycles. The van der Waals surface area contributed by atoms with Crippen molar-refractivity contribution < 1.29 is 56.1 Å². The van der Waals surface area contributed by atoms with Gasteiger partial charge in [0, 0.05) is 16.9 Å². The first kappa shape index (κ1) is 29.9. The van der Waals surface area contributed by atoms with E-state index in [4.69, 9.17) is 21.0 Å². The van der Waals surface area contributed by atoms with Crippen LogP contribution in [-0.2, 0) is 23.9 Å². The Hall–Kier alpha value is -4.34. The number of carboxylic acids is 1. The fourth-order valence-electron chi connectivity index (χ4n) is 2.83. The third-order valence-electron chi connectivity index (χ3n) is 4.69. The molecule has 5 N–H and O–H groups in total. The lowest BCUT2D eigenvalue weighted by Gasteiger charge is -2.15. The van der Waals surface area contributed by atoms with E-state index in [1.165, 1.54) is 18.2 Å². The van der Waals surface area contributed by atoms with Crippen molar-refractivity contribution in [2.45, 2.75) is 37.9 Å². The van der Waals surface area contributed by atoms with Crippen molar-refractivity contribution in [1.82, 2.24) is 5.32 Å². The van der Waals surface area contributed by atoms with Crippen LogP contribution in [0.25, 0.3) is 0 Å². The van der Waals surface area contributed by atoms with Gasteiger partial charge in [0.25, 0.3) is 0 Å². The molecule has 0 fully saturated rings. The summed E-state index contributed by atoms with van der Waals surface area (Å²) in [5.41, 5.74) is 5.35. The number of nitrogens with two attached hydrogens (primary N) is 1. The fraction of sp³-hybridized carbons (Fsp3) is 0.273. The molecule has 0 bridgehead atoms. The number of nitrogen functional groups attached to an aromatic ring is 1. The van der Waals surface area contributed by atoms with Crippen molar-refractivity contribution in [3.63, 3.8) is 0 Å². The Labute approximate surface area is 215 Å². The molecule has 0 aliphatic rings. The summed E-state index contributed by atoms with van der Waals surface area (Å²) >= 11 is 0.904. The number of amidine groups is 1. The Balaban J connectivity index is 1.97. The average Bonchev–Trinajstić information content (AvgIpc) is 3.29. The normalized spacial score (nSPS) is 12.7. The molecule has 2 aromatic rings. The van der Waals surface area contributed by atoms with Gasteiger partial charge in [-0.15, -0.1) is 11.3 Å². The Kier molecular flexibility index (Phi) is 9.65. The minimum absolute atomic E-state index is 0.0443. The average molecular weight is 561 g/mol. The molecule has 2 rings (SSSR count). The molecule has 1 amide bonds. The van der Waals surface area contributed by atoms with E-state index in [0.717, 1.165) is 23.5 Å². The molecular weight excluding hydrogens is 542 g/mol. The van der Waals surface area contributed by atoms with Gasteiger partial charge >= 0.3 is 30.1 Å². The predicted octanol–water partition coefficient (Wildman–Crippen LogP) is 2.48. The highest BCUT2D eigenvalue weighted by Crippen LogP contribution is 2.29. The number of halogens is 4. The van der Waals surface area contributed by atoms with Crippen LogP contribution in [0, 0.1) is 11.2 Å². The summed E-state index contributed by atoms with van der Waals surface area (Å²) in [6.07, 6.45) is -7.06. The first-order valence-corrected chi connectivity index (χ1v) is 11.2. The number of benzene rings is 1. The van der Waals surface area contributed by atoms with Gasteiger partial charge in [0.15, 0.2) is 11.6 Å². The molecule has 0 saturated carbocycles. The maximum absolute atomic E-state index is 14.1. The number of thiophene rings is 1. The summed E-state index contributed by atoms with van der Waals surface area (Å²) in [6, 6.07) is 4.19. The number of amides is 1. The number of esters is 3. The van der Waals surface area contributed by atoms with Gasteiger partial charge in [-0.25, -0.2) is 18.8 Å². The maximum atomic E-state index is 14.1. The third kappa shape index (κ3) is 8.36. The van der Waals surface area contributed by atoms with Gasteiger partial charge in [-0.05, 0) is 36.2 Å². The van der Waals surface area contributed by atoms with E-state index in [1.807, 2.05) is 5.32 Å². The monoisotopic (exact) mass is 561 g/mol. The Bertz CT molecular complexity index is 1280. The number of carbonyl (C=O) groups excluding carboxylic acids is 4. The van der Waals surface area contributed by atoms with Crippen LogP contribution in [0.4, 0.5) is 17.6 Å². The van der Waals surface area contributed by atoms with Gasteiger partial charge in [-0.2, -0.15) is 13.2 Å². The Morgan fingerprint density at radius 2 is 1.79 bits per heavy atom. The maximum Gasteiger partial charge on any atom is 0.491 e. The topological polar surface area (TPSA) is 186 Å². The summed E-state index contributed by atoms with van der Waals surface area (Å²) in [6.45, 7) is 1.55. The molecule has 38 heavy (non-hydrogen) atoms. The van der Waals surface area contributed by atoms with Crippen LogP contribution in [0.15, 0.2) is 30.3 Å². The van der Waals surface area contributed by atoms with Gasteiger partial charge in [0.1, 0.15) is 16.8 Å². The number of hydrogen-bond acceptors (Lipinski definition) is 9. The van der Waals surface area contributed by atoms with Crippen LogP contribution >= 0.6 is 11.3 Å². The van der Waals surface area contributed by atoms with E-state index >= 15 is 0 Å². The highest BCUT2D eigenvalue weighted by atomic mass is 32.1. The standard InChI is InChI=1S/C22H19F4N3O8S/c1-9(6-16(30)29-12(19(32)33)8-17(31)37-21(35)22(24,25)26)14-4-5-15(38-14)20(34)36-13-3-2-10(18(27)28)7-11(13)23/h2-5,7,9,12H,6,8H2,1H3,(H3,27,28)(H,29,30)(H,32,33)/t9?,12-/m0/s1. The fourth-order valence-corrected chi connectivity index (χ4v) is 3.77. The van der Waals surface area contributed by atoms with Crippen molar-refractivity contribution >= 4 is 47.0 Å². The number of carboxylic acid groups (broad SMARTS) is 1. The molecule has 0 saturated heterocycles. The van der Waals surface area contributed by atoms with Crippen LogP contribution in [0.5, 0.6) is 5.75 Å². The lowest BCUT2D eigenvalue weighted by Crippen LogP contribution is -2.43. The SMILES string of the molecule is CC(CC(=O)N[C@@H](CC(=O)OC(=O)C(F)(F)F)C(=O)O)c1ccc(C(=O)Oc2ccc(C(=N)N)cc2F)s1. The van der Waals surface area contributed by atoms with E-state index < -0.39 is 65.9 Å². The lowest BCUT2D eigenvalue weighted by molar-refractivity contribution is -0.202. The highest BCUT2D eigenvalue weighted by Gasteiger charge is 2.43. The molecular formula is C22H19F4N3O8S. The minimum Gasteiger partial charge on any atom is -0.480 e. The predicted molar refractivity (Wildman–Crippen MR) is 121 cm³/mol. The zero-order valence-electron chi connectivity index (χ0n) is 19.3. The number of rotatable bonds is 10. The van der Waals surface area contributed by atoms with Crippen molar-refractivity contribution in [2.24, 2.45) is 5.73 Å². The minimum atomic E-state index is -5.46. The molecule has 1 heterocycles. The highest BCUT2D eigenvalue weighted by molar-refractivity contribution is 7.14. The summed E-state index contributed by atoms with van der Waals surface area (Å²) in [7, 11) is 0. The van der Waals surface area contributed by atoms with Crippen molar-refractivity contribution in [1.29, 1.82) is 5.41 Å². The summed E-state index contributed by atoms with van der Waals surface area (Å²) in [5, 5.41) is 18.4. The molecule has 204 valence electrons. The second-order valence-corrected chi connectivity index (χ2v) is 8.79. The second kappa shape index (κ2) is 12.3. The summed E-state index contributed by atoms with van der Waals surface area (Å²) < 4.78 is 59.2. The van der Waals surface area contributed by atoms with E-state index in [2.05, 4.69) is 4.74 Å². The summed E-state index contributed by atoms with van der Waals surface area (Å²) in [4.78, 5) is 58.6. The molecule has 1 unspecified atom stereocenters. The van der Waals surface area contributed by atoms with Crippen molar-refractivity contribution in [3.05, 3.63) is 51.5 Å². The molecule has 0 aliphatic carbocycles. The number of alkyl halides is 3. The number of carbonyl (C=O) groups is 5. The molecule has 16 heteroatoms.